The van der Waals surface area contributed by atoms with Crippen molar-refractivity contribution in [1.82, 2.24) is 14.5 Å². The molecule has 0 aliphatic carbocycles. The molecule has 0 unspecified atom stereocenters. The number of aromatic nitrogens is 2. The molecule has 20 heavy (non-hydrogen) atoms. The van der Waals surface area contributed by atoms with E-state index in [-0.39, 0.29) is 6.09 Å². The lowest BCUT2D eigenvalue weighted by molar-refractivity contribution is 0.160. The molecule has 1 aromatic heterocycles. The first kappa shape index (κ1) is 13.3. The predicted molar refractivity (Wildman–Crippen MR) is 79.1 cm³/mol. The lowest BCUT2D eigenvalue weighted by Crippen LogP contribution is -2.26. The van der Waals surface area contributed by atoms with Crippen molar-refractivity contribution in [3.8, 4) is 0 Å². The number of hydrogen-bond acceptors (Lipinski definition) is 4. The Morgan fingerprint density at radius 2 is 2.25 bits per heavy atom. The van der Waals surface area contributed by atoms with Crippen LogP contribution in [0, 0.1) is 0 Å². The fourth-order valence-electron chi connectivity index (χ4n) is 2.35. The van der Waals surface area contributed by atoms with Gasteiger partial charge in [0.2, 0.25) is 0 Å². The molecular weight excluding hydrogens is 274 g/mol. The summed E-state index contributed by atoms with van der Waals surface area (Å²) in [5, 5.41) is 1.02. The van der Waals surface area contributed by atoms with E-state index in [0.29, 0.717) is 19.7 Å². The molecule has 0 N–H and O–H groups in total. The molecule has 5 nitrogen and oxygen atoms in total. The van der Waals surface area contributed by atoms with Crippen LogP contribution in [0.1, 0.15) is 6.92 Å². The molecule has 1 saturated heterocycles. The summed E-state index contributed by atoms with van der Waals surface area (Å²) in [6.45, 7) is 4.93. The fraction of sp³-hybridized carbons (Fsp3) is 0.429. The van der Waals surface area contributed by atoms with Crippen LogP contribution in [-0.4, -0.2) is 46.0 Å². The predicted octanol–water partition coefficient (Wildman–Crippen LogP) is 2.60. The Balaban J connectivity index is 1.69. The topological polar surface area (TPSA) is 47.4 Å². The number of ether oxygens (including phenoxy) is 1. The van der Waals surface area contributed by atoms with Gasteiger partial charge in [-0.1, -0.05) is 23.9 Å². The lowest BCUT2D eigenvalue weighted by Gasteiger charge is -2.11. The number of thioether (sulfide) groups is 1. The molecule has 0 spiro atoms. The van der Waals surface area contributed by atoms with Crippen LogP contribution in [0.5, 0.6) is 0 Å². The van der Waals surface area contributed by atoms with E-state index in [1.807, 2.05) is 18.2 Å². The number of fused-ring (bicyclic) bond motifs is 1. The molecule has 0 atom stereocenters. The van der Waals surface area contributed by atoms with Gasteiger partial charge in [-0.25, -0.2) is 9.78 Å². The van der Waals surface area contributed by atoms with Gasteiger partial charge in [0.25, 0.3) is 0 Å². The smallest absolute Gasteiger partial charge is 0.409 e. The lowest BCUT2D eigenvalue weighted by atomic mass is 10.3. The summed E-state index contributed by atoms with van der Waals surface area (Å²) in [6.07, 6.45) is -0.199. The molecule has 106 valence electrons. The Bertz CT molecular complexity index is 626. The summed E-state index contributed by atoms with van der Waals surface area (Å²) in [6, 6.07) is 8.16. The van der Waals surface area contributed by atoms with Crippen LogP contribution in [0.4, 0.5) is 4.79 Å². The van der Waals surface area contributed by atoms with Crippen LogP contribution in [0.25, 0.3) is 11.0 Å². The zero-order valence-electron chi connectivity index (χ0n) is 11.4. The molecule has 1 amide bonds. The molecule has 0 radical (unpaired) electrons. The highest BCUT2D eigenvalue weighted by Crippen LogP contribution is 2.24. The van der Waals surface area contributed by atoms with Crippen molar-refractivity contribution in [3.63, 3.8) is 0 Å². The molecule has 1 fully saturated rings. The third-order valence-electron chi connectivity index (χ3n) is 3.37. The largest absolute Gasteiger partial charge is 0.448 e. The average Bonchev–Trinajstić information content (AvgIpc) is 3.02. The van der Waals surface area contributed by atoms with Crippen LogP contribution in [0.2, 0.25) is 0 Å². The van der Waals surface area contributed by atoms with Crippen molar-refractivity contribution in [2.24, 2.45) is 0 Å². The first-order chi connectivity index (χ1) is 9.79. The van der Waals surface area contributed by atoms with E-state index >= 15 is 0 Å². The molecule has 1 aliphatic heterocycles. The molecule has 1 aliphatic rings. The molecule has 2 aromatic rings. The Kier molecular flexibility index (Phi) is 3.82. The van der Waals surface area contributed by atoms with Gasteiger partial charge in [0.1, 0.15) is 6.61 Å². The quantitative estimate of drug-likeness (QED) is 0.794. The maximum absolute atomic E-state index is 11.4. The molecular formula is C14H17N3O2S. The molecule has 6 heteroatoms. The second-order valence-corrected chi connectivity index (χ2v) is 5.64. The number of hydrogen-bond donors (Lipinski definition) is 0. The maximum Gasteiger partial charge on any atom is 0.409 e. The summed E-state index contributed by atoms with van der Waals surface area (Å²) in [7, 11) is 0. The third-order valence-corrected chi connectivity index (χ3v) is 4.33. The average molecular weight is 291 g/mol. The van der Waals surface area contributed by atoms with E-state index in [4.69, 9.17) is 4.74 Å². The number of benzene rings is 1. The number of aryl methyl sites for hydroxylation is 1. The highest BCUT2D eigenvalue weighted by molar-refractivity contribution is 7.99. The molecule has 0 saturated carbocycles. The summed E-state index contributed by atoms with van der Waals surface area (Å²) in [4.78, 5) is 17.8. The van der Waals surface area contributed by atoms with Gasteiger partial charge in [0.15, 0.2) is 5.16 Å². The summed E-state index contributed by atoms with van der Waals surface area (Å²) >= 11 is 1.69. The Morgan fingerprint density at radius 3 is 3.00 bits per heavy atom. The number of rotatable bonds is 5. The Morgan fingerprint density at radius 1 is 1.40 bits per heavy atom. The second kappa shape index (κ2) is 5.75. The van der Waals surface area contributed by atoms with E-state index in [9.17, 15) is 4.79 Å². The van der Waals surface area contributed by atoms with Crippen LogP contribution in [0.15, 0.2) is 29.4 Å². The van der Waals surface area contributed by atoms with Crippen molar-refractivity contribution in [1.29, 1.82) is 0 Å². The van der Waals surface area contributed by atoms with Gasteiger partial charge in [0.05, 0.1) is 17.6 Å². The van der Waals surface area contributed by atoms with E-state index in [1.54, 1.807) is 16.7 Å². The number of nitrogens with zero attached hydrogens (tertiary/aromatic N) is 3. The number of cyclic esters (lactones) is 1. The van der Waals surface area contributed by atoms with Gasteiger partial charge in [-0.05, 0) is 19.1 Å². The summed E-state index contributed by atoms with van der Waals surface area (Å²) in [5.74, 6) is 0.832. The fourth-order valence-corrected chi connectivity index (χ4v) is 3.39. The minimum atomic E-state index is -0.199. The van der Waals surface area contributed by atoms with Crippen LogP contribution >= 0.6 is 11.8 Å². The monoisotopic (exact) mass is 291 g/mol. The van der Waals surface area contributed by atoms with Crippen LogP contribution < -0.4 is 0 Å². The van der Waals surface area contributed by atoms with Gasteiger partial charge in [-0.15, -0.1) is 0 Å². The number of carbonyl (C=O) groups excluding carboxylic acids is 1. The summed E-state index contributed by atoms with van der Waals surface area (Å²) in [5.41, 5.74) is 2.19. The zero-order valence-corrected chi connectivity index (χ0v) is 12.2. The van der Waals surface area contributed by atoms with E-state index in [0.717, 1.165) is 28.5 Å². The first-order valence-electron chi connectivity index (χ1n) is 6.79. The molecule has 2 heterocycles. The Labute approximate surface area is 121 Å². The van der Waals surface area contributed by atoms with E-state index in [2.05, 4.69) is 22.5 Å². The van der Waals surface area contributed by atoms with Gasteiger partial charge in [0, 0.05) is 18.8 Å². The molecule has 3 rings (SSSR count). The number of para-hydroxylation sites is 2. The van der Waals surface area contributed by atoms with Crippen molar-refractivity contribution in [3.05, 3.63) is 24.3 Å². The van der Waals surface area contributed by atoms with Crippen LogP contribution in [0.3, 0.4) is 0 Å². The highest BCUT2D eigenvalue weighted by atomic mass is 32.2. The normalized spacial score (nSPS) is 15.1. The third kappa shape index (κ3) is 2.47. The SMILES string of the molecule is CCn1c(SCCN2CCOC2=O)nc2ccccc21. The number of carbonyl (C=O) groups is 1. The van der Waals surface area contributed by atoms with Gasteiger partial charge < -0.3 is 14.2 Å². The Hall–Kier alpha value is -1.69. The van der Waals surface area contributed by atoms with E-state index in [1.165, 1.54) is 0 Å². The van der Waals surface area contributed by atoms with Crippen molar-refractivity contribution >= 4 is 28.9 Å². The maximum atomic E-state index is 11.4. The minimum absolute atomic E-state index is 0.199. The summed E-state index contributed by atoms with van der Waals surface area (Å²) < 4.78 is 7.13. The highest BCUT2D eigenvalue weighted by Gasteiger charge is 2.21. The van der Waals surface area contributed by atoms with Crippen LogP contribution in [-0.2, 0) is 11.3 Å². The number of imidazole rings is 1. The van der Waals surface area contributed by atoms with E-state index < -0.39 is 0 Å². The second-order valence-electron chi connectivity index (χ2n) is 4.58. The standard InChI is InChI=1S/C14H17N3O2S/c1-2-17-12-6-4-3-5-11(12)15-13(17)20-10-8-16-7-9-19-14(16)18/h3-6H,2,7-10H2,1H3. The first-order valence-corrected chi connectivity index (χ1v) is 7.78. The van der Waals surface area contributed by atoms with Crippen molar-refractivity contribution in [2.45, 2.75) is 18.6 Å². The minimum Gasteiger partial charge on any atom is -0.448 e. The van der Waals surface area contributed by atoms with Gasteiger partial charge in [-0.3, -0.25) is 0 Å². The molecule has 1 aromatic carbocycles. The molecule has 0 bridgehead atoms. The van der Waals surface area contributed by atoms with Gasteiger partial charge in [-0.2, -0.15) is 0 Å². The zero-order chi connectivity index (χ0) is 13.9. The number of amides is 1. The van der Waals surface area contributed by atoms with Gasteiger partial charge >= 0.3 is 6.09 Å². The van der Waals surface area contributed by atoms with Crippen molar-refractivity contribution in [2.75, 3.05) is 25.4 Å². The van der Waals surface area contributed by atoms with Crippen molar-refractivity contribution < 1.29 is 9.53 Å².